The van der Waals surface area contributed by atoms with Gasteiger partial charge in [-0.3, -0.25) is 4.79 Å². The summed E-state index contributed by atoms with van der Waals surface area (Å²) in [7, 11) is 0. The third-order valence-electron chi connectivity index (χ3n) is 5.83. The number of ether oxygens (including phenoxy) is 2. The Morgan fingerprint density at radius 3 is 2.57 bits per heavy atom. The summed E-state index contributed by atoms with van der Waals surface area (Å²) in [5, 5.41) is 8.82. The van der Waals surface area contributed by atoms with Crippen molar-refractivity contribution in [3.05, 3.63) is 35.4 Å². The molecule has 0 radical (unpaired) electrons. The Labute approximate surface area is 172 Å². The van der Waals surface area contributed by atoms with Gasteiger partial charge in [0.05, 0.1) is 19.6 Å². The van der Waals surface area contributed by atoms with E-state index < -0.39 is 23.7 Å². The predicted molar refractivity (Wildman–Crippen MR) is 101 cm³/mol. The fourth-order valence-electron chi connectivity index (χ4n) is 4.03. The number of rotatable bonds is 9. The number of allylic oxidation sites excluding steroid dienone is 1. The van der Waals surface area contributed by atoms with Gasteiger partial charge < -0.3 is 19.5 Å². The van der Waals surface area contributed by atoms with Gasteiger partial charge in [0, 0.05) is 23.9 Å². The van der Waals surface area contributed by atoms with Gasteiger partial charge in [-0.1, -0.05) is 6.07 Å². The molecule has 0 aliphatic carbocycles. The average molecular weight is 431 g/mol. The molecule has 1 fully saturated rings. The molecule has 1 aromatic rings. The van der Waals surface area contributed by atoms with Crippen LogP contribution in [0.5, 0.6) is 11.5 Å². The molecule has 0 amide bonds. The fourth-order valence-corrected chi connectivity index (χ4v) is 4.03. The standard InChI is InChI=1S/C21H25F4NO4/c22-15(20(24)25)3-1-2-12-29-16-5-4-14-19(18(16)23)30-13-21(14)7-10-26(11-8-21)9-6-17(27)28/h4-5H,1-3,6-13H2,(H,27,28). The molecule has 0 saturated carbocycles. The van der Waals surface area contributed by atoms with Crippen molar-refractivity contribution in [1.29, 1.82) is 0 Å². The molecule has 0 aromatic heterocycles. The quantitative estimate of drug-likeness (QED) is 0.456. The van der Waals surface area contributed by atoms with E-state index in [9.17, 15) is 22.4 Å². The van der Waals surface area contributed by atoms with E-state index in [4.69, 9.17) is 14.6 Å². The van der Waals surface area contributed by atoms with E-state index in [1.807, 2.05) is 0 Å². The molecule has 5 nitrogen and oxygen atoms in total. The Balaban J connectivity index is 1.55. The van der Waals surface area contributed by atoms with Gasteiger partial charge in [0.25, 0.3) is 0 Å². The number of unbranched alkanes of at least 4 members (excludes halogenated alkanes) is 1. The van der Waals surface area contributed by atoms with Crippen molar-refractivity contribution in [3.63, 3.8) is 0 Å². The number of aliphatic carboxylic acids is 1. The number of carbonyl (C=O) groups is 1. The van der Waals surface area contributed by atoms with Crippen LogP contribution in [0.1, 0.15) is 44.1 Å². The van der Waals surface area contributed by atoms with Crippen molar-refractivity contribution >= 4 is 5.97 Å². The van der Waals surface area contributed by atoms with Crippen molar-refractivity contribution < 1.29 is 36.9 Å². The van der Waals surface area contributed by atoms with Gasteiger partial charge in [0.1, 0.15) is 0 Å². The van der Waals surface area contributed by atoms with Gasteiger partial charge in [0.2, 0.25) is 5.82 Å². The van der Waals surface area contributed by atoms with Crippen LogP contribution in [-0.2, 0) is 10.2 Å². The summed E-state index contributed by atoms with van der Waals surface area (Å²) in [4.78, 5) is 12.8. The van der Waals surface area contributed by atoms with Crippen molar-refractivity contribution in [2.75, 3.05) is 32.8 Å². The number of nitrogens with zero attached hydrogens (tertiary/aromatic N) is 1. The molecule has 2 heterocycles. The molecule has 0 unspecified atom stereocenters. The first-order valence-electron chi connectivity index (χ1n) is 10.0. The zero-order valence-corrected chi connectivity index (χ0v) is 16.6. The van der Waals surface area contributed by atoms with E-state index in [0.29, 0.717) is 19.6 Å². The zero-order chi connectivity index (χ0) is 21.7. The average Bonchev–Trinajstić information content (AvgIpc) is 3.07. The van der Waals surface area contributed by atoms with Crippen molar-refractivity contribution in [1.82, 2.24) is 4.90 Å². The Morgan fingerprint density at radius 2 is 1.90 bits per heavy atom. The first-order chi connectivity index (χ1) is 14.3. The normalized spacial score (nSPS) is 17.5. The summed E-state index contributed by atoms with van der Waals surface area (Å²) in [6, 6.07) is 3.34. The molecule has 1 saturated heterocycles. The maximum Gasteiger partial charge on any atom is 0.304 e. The first kappa shape index (κ1) is 22.4. The van der Waals surface area contributed by atoms with Crippen LogP contribution in [0.25, 0.3) is 0 Å². The molecule has 3 rings (SSSR count). The van der Waals surface area contributed by atoms with E-state index in [-0.39, 0.29) is 42.8 Å². The minimum absolute atomic E-state index is 0.0254. The molecular formula is C21H25F4NO4. The third-order valence-corrected chi connectivity index (χ3v) is 5.83. The molecule has 0 atom stereocenters. The SMILES string of the molecule is O=C(O)CCN1CCC2(CC1)COc1c2ccc(OCCCCC(F)=C(F)F)c1F. The van der Waals surface area contributed by atoms with Crippen LogP contribution in [-0.4, -0.2) is 48.8 Å². The highest BCUT2D eigenvalue weighted by Gasteiger charge is 2.44. The number of halogens is 4. The molecule has 0 bridgehead atoms. The number of carboxylic acid groups (broad SMARTS) is 1. The summed E-state index contributed by atoms with van der Waals surface area (Å²) < 4.78 is 62.7. The molecule has 9 heteroatoms. The summed E-state index contributed by atoms with van der Waals surface area (Å²) >= 11 is 0. The van der Waals surface area contributed by atoms with E-state index in [1.54, 1.807) is 12.1 Å². The van der Waals surface area contributed by atoms with Gasteiger partial charge >= 0.3 is 12.0 Å². The van der Waals surface area contributed by atoms with Crippen LogP contribution >= 0.6 is 0 Å². The Morgan fingerprint density at radius 1 is 1.17 bits per heavy atom. The van der Waals surface area contributed by atoms with Crippen molar-refractivity contribution in [2.45, 2.75) is 43.9 Å². The number of likely N-dealkylation sites (tertiary alicyclic amines) is 1. The monoisotopic (exact) mass is 431 g/mol. The maximum absolute atomic E-state index is 14.8. The molecule has 1 aromatic carbocycles. The highest BCUT2D eigenvalue weighted by atomic mass is 19.3. The highest BCUT2D eigenvalue weighted by Crippen LogP contribution is 2.48. The second kappa shape index (κ2) is 9.68. The minimum atomic E-state index is -2.31. The number of fused-ring (bicyclic) bond motifs is 2. The molecule has 30 heavy (non-hydrogen) atoms. The summed E-state index contributed by atoms with van der Waals surface area (Å²) in [6.45, 7) is 2.40. The Hall–Kier alpha value is -2.29. The number of benzene rings is 1. The van der Waals surface area contributed by atoms with Crippen molar-refractivity contribution in [3.8, 4) is 11.5 Å². The highest BCUT2D eigenvalue weighted by molar-refractivity contribution is 5.66. The predicted octanol–water partition coefficient (Wildman–Crippen LogP) is 4.65. The lowest BCUT2D eigenvalue weighted by Gasteiger charge is -2.38. The van der Waals surface area contributed by atoms with Crippen LogP contribution in [0.4, 0.5) is 17.6 Å². The van der Waals surface area contributed by atoms with E-state index in [2.05, 4.69) is 4.90 Å². The van der Waals surface area contributed by atoms with Gasteiger partial charge in [-0.25, -0.2) is 4.39 Å². The topological polar surface area (TPSA) is 59.0 Å². The second-order valence-electron chi connectivity index (χ2n) is 7.78. The minimum Gasteiger partial charge on any atom is -0.490 e. The molecule has 1 N–H and O–H groups in total. The number of hydrogen-bond acceptors (Lipinski definition) is 4. The maximum atomic E-state index is 14.8. The van der Waals surface area contributed by atoms with Gasteiger partial charge in [-0.05, 0) is 44.8 Å². The number of piperidine rings is 1. The summed E-state index contributed by atoms with van der Waals surface area (Å²) in [5.41, 5.74) is 0.519. The largest absolute Gasteiger partial charge is 0.490 e. The van der Waals surface area contributed by atoms with Gasteiger partial charge in [-0.15, -0.1) is 0 Å². The summed E-state index contributed by atoms with van der Waals surface area (Å²) in [5.74, 6) is -2.63. The second-order valence-corrected chi connectivity index (χ2v) is 7.78. The first-order valence-corrected chi connectivity index (χ1v) is 10.0. The number of hydrogen-bond donors (Lipinski definition) is 1. The third kappa shape index (κ3) is 5.06. The molecular weight excluding hydrogens is 406 g/mol. The lowest BCUT2D eigenvalue weighted by atomic mass is 9.74. The van der Waals surface area contributed by atoms with E-state index >= 15 is 0 Å². The van der Waals surface area contributed by atoms with Crippen LogP contribution in [0.15, 0.2) is 24.0 Å². The van der Waals surface area contributed by atoms with Crippen LogP contribution < -0.4 is 9.47 Å². The van der Waals surface area contributed by atoms with Gasteiger partial charge in [-0.2, -0.15) is 13.2 Å². The summed E-state index contributed by atoms with van der Waals surface area (Å²) in [6.07, 6.45) is -0.581. The molecule has 2 aliphatic heterocycles. The lowest BCUT2D eigenvalue weighted by Crippen LogP contribution is -2.44. The van der Waals surface area contributed by atoms with Crippen LogP contribution in [0.3, 0.4) is 0 Å². The molecule has 2 aliphatic rings. The smallest absolute Gasteiger partial charge is 0.304 e. The molecule has 166 valence electrons. The Bertz CT molecular complexity index is 802. The van der Waals surface area contributed by atoms with Crippen LogP contribution in [0.2, 0.25) is 0 Å². The van der Waals surface area contributed by atoms with Crippen LogP contribution in [0, 0.1) is 5.82 Å². The zero-order valence-electron chi connectivity index (χ0n) is 16.6. The van der Waals surface area contributed by atoms with E-state index in [1.165, 1.54) is 0 Å². The fraction of sp³-hybridized carbons (Fsp3) is 0.571. The number of carboxylic acids is 1. The molecule has 1 spiro atoms. The Kier molecular flexibility index (Phi) is 7.23. The van der Waals surface area contributed by atoms with Crippen molar-refractivity contribution in [2.24, 2.45) is 0 Å². The lowest BCUT2D eigenvalue weighted by molar-refractivity contribution is -0.137. The van der Waals surface area contributed by atoms with Gasteiger partial charge in [0.15, 0.2) is 17.3 Å². The van der Waals surface area contributed by atoms with E-state index in [0.717, 1.165) is 31.5 Å².